The number of nitrogens with one attached hydrogen (secondary N) is 1. The van der Waals surface area contributed by atoms with Crippen LogP contribution in [0.4, 0.5) is 5.69 Å². The van der Waals surface area contributed by atoms with Crippen LogP contribution >= 0.6 is 0 Å². The molecule has 34 heavy (non-hydrogen) atoms. The molecule has 0 aliphatic carbocycles. The second-order valence-electron chi connectivity index (χ2n) is 7.85. The van der Waals surface area contributed by atoms with Crippen molar-refractivity contribution < 1.29 is 19.0 Å². The van der Waals surface area contributed by atoms with E-state index in [9.17, 15) is 9.59 Å². The Kier molecular flexibility index (Phi) is 6.54. The third-order valence-corrected chi connectivity index (χ3v) is 5.66. The predicted molar refractivity (Wildman–Crippen MR) is 132 cm³/mol. The lowest BCUT2D eigenvalue weighted by molar-refractivity contribution is 0.0984. The van der Waals surface area contributed by atoms with Crippen molar-refractivity contribution in [3.63, 3.8) is 0 Å². The number of hydrogen-bond donors (Lipinski definition) is 1. The van der Waals surface area contributed by atoms with Crippen LogP contribution in [0, 0.1) is 6.92 Å². The summed E-state index contributed by atoms with van der Waals surface area (Å²) in [6, 6.07) is 19.9. The van der Waals surface area contributed by atoms with Gasteiger partial charge in [0.25, 0.3) is 11.5 Å². The van der Waals surface area contributed by atoms with Crippen LogP contribution < -0.4 is 24.7 Å². The number of amides is 1. The molecular weight excluding hydrogens is 432 g/mol. The van der Waals surface area contributed by atoms with Crippen LogP contribution in [-0.4, -0.2) is 32.2 Å². The smallest absolute Gasteiger partial charge is 0.258 e. The first kappa shape index (κ1) is 22.9. The van der Waals surface area contributed by atoms with Crippen LogP contribution in [0.5, 0.6) is 17.2 Å². The summed E-state index contributed by atoms with van der Waals surface area (Å²) in [5.41, 5.74) is 2.94. The Morgan fingerprint density at radius 1 is 0.853 bits per heavy atom. The monoisotopic (exact) mass is 458 g/mol. The molecule has 1 N–H and O–H groups in total. The zero-order chi connectivity index (χ0) is 24.2. The van der Waals surface area contributed by atoms with Crippen molar-refractivity contribution in [1.29, 1.82) is 0 Å². The summed E-state index contributed by atoms with van der Waals surface area (Å²) in [4.78, 5) is 31.2. The van der Waals surface area contributed by atoms with Crippen molar-refractivity contribution in [3.8, 4) is 17.2 Å². The molecule has 0 saturated heterocycles. The van der Waals surface area contributed by atoms with E-state index in [0.717, 1.165) is 16.5 Å². The first-order valence-electron chi connectivity index (χ1n) is 10.7. The van der Waals surface area contributed by atoms with E-state index in [1.165, 1.54) is 19.1 Å². The molecule has 0 unspecified atom stereocenters. The number of carbonyl (C=O) groups is 1. The lowest BCUT2D eigenvalue weighted by Crippen LogP contribution is -2.33. The Labute approximate surface area is 197 Å². The van der Waals surface area contributed by atoms with Crippen LogP contribution in [-0.2, 0) is 6.54 Å². The molecule has 3 aromatic carbocycles. The van der Waals surface area contributed by atoms with Crippen LogP contribution in [0.25, 0.3) is 10.9 Å². The Morgan fingerprint density at radius 2 is 1.59 bits per heavy atom. The van der Waals surface area contributed by atoms with Gasteiger partial charge in [-0.3, -0.25) is 9.59 Å². The Morgan fingerprint density at radius 3 is 2.32 bits per heavy atom. The third kappa shape index (κ3) is 4.45. The van der Waals surface area contributed by atoms with E-state index in [1.54, 1.807) is 37.4 Å². The molecule has 4 aromatic rings. The highest BCUT2D eigenvalue weighted by Gasteiger charge is 2.24. The fraction of sp³-hybridized carbons (Fsp3) is 0.185. The maximum Gasteiger partial charge on any atom is 0.258 e. The number of carbonyl (C=O) groups excluding carboxylic acids is 1. The number of anilines is 1. The quantitative estimate of drug-likeness (QED) is 0.434. The second kappa shape index (κ2) is 9.70. The molecule has 0 spiro atoms. The topological polar surface area (TPSA) is 80.9 Å². The molecule has 0 saturated carbocycles. The van der Waals surface area contributed by atoms with Crippen molar-refractivity contribution >= 4 is 22.5 Å². The number of para-hydroxylation sites is 2. The SMILES string of the molecule is COc1ccc(C(=O)N(Cc2cc3ccc(C)cc3[nH]c2=O)c2ccccc2OC)cc1OC. The molecule has 0 bridgehead atoms. The number of aryl methyl sites for hydroxylation is 1. The Balaban J connectivity index is 1.82. The number of rotatable bonds is 7. The van der Waals surface area contributed by atoms with Gasteiger partial charge < -0.3 is 24.1 Å². The van der Waals surface area contributed by atoms with Gasteiger partial charge in [-0.1, -0.05) is 24.3 Å². The van der Waals surface area contributed by atoms with Crippen LogP contribution in [0.1, 0.15) is 21.5 Å². The molecule has 1 aromatic heterocycles. The number of hydrogen-bond acceptors (Lipinski definition) is 5. The first-order chi connectivity index (χ1) is 16.4. The first-order valence-corrected chi connectivity index (χ1v) is 10.7. The molecule has 0 aliphatic rings. The normalized spacial score (nSPS) is 10.7. The highest BCUT2D eigenvalue weighted by Crippen LogP contribution is 2.33. The van der Waals surface area contributed by atoms with Gasteiger partial charge in [0.05, 0.1) is 33.6 Å². The molecule has 1 amide bonds. The number of benzene rings is 3. The molecule has 0 aliphatic heterocycles. The minimum Gasteiger partial charge on any atom is -0.495 e. The van der Waals surface area contributed by atoms with Gasteiger partial charge in [0.2, 0.25) is 0 Å². The molecule has 0 radical (unpaired) electrons. The number of ether oxygens (including phenoxy) is 3. The maximum absolute atomic E-state index is 13.8. The van der Waals surface area contributed by atoms with Crippen molar-refractivity contribution in [1.82, 2.24) is 4.98 Å². The summed E-state index contributed by atoms with van der Waals surface area (Å²) < 4.78 is 16.2. The largest absolute Gasteiger partial charge is 0.495 e. The summed E-state index contributed by atoms with van der Waals surface area (Å²) in [5, 5.41) is 0.888. The van der Waals surface area contributed by atoms with E-state index >= 15 is 0 Å². The van der Waals surface area contributed by atoms with Crippen molar-refractivity contribution in [2.24, 2.45) is 0 Å². The zero-order valence-corrected chi connectivity index (χ0v) is 19.5. The van der Waals surface area contributed by atoms with Crippen molar-refractivity contribution in [2.75, 3.05) is 26.2 Å². The summed E-state index contributed by atoms with van der Waals surface area (Å²) in [5.74, 6) is 1.16. The molecule has 7 heteroatoms. The minimum atomic E-state index is -0.311. The average molecular weight is 459 g/mol. The number of aromatic nitrogens is 1. The summed E-state index contributed by atoms with van der Waals surface area (Å²) >= 11 is 0. The van der Waals surface area contributed by atoms with Gasteiger partial charge in [0, 0.05) is 16.6 Å². The zero-order valence-electron chi connectivity index (χ0n) is 19.5. The van der Waals surface area contributed by atoms with Crippen LogP contribution in [0.3, 0.4) is 0 Å². The minimum absolute atomic E-state index is 0.0483. The Bertz CT molecular complexity index is 1410. The van der Waals surface area contributed by atoms with Crippen LogP contribution in [0.15, 0.2) is 71.5 Å². The van der Waals surface area contributed by atoms with Gasteiger partial charge in [-0.05, 0) is 60.3 Å². The fourth-order valence-electron chi connectivity index (χ4n) is 3.89. The van der Waals surface area contributed by atoms with E-state index < -0.39 is 0 Å². The molecule has 7 nitrogen and oxygen atoms in total. The molecule has 0 fully saturated rings. The number of nitrogens with zero attached hydrogens (tertiary/aromatic N) is 1. The van der Waals surface area contributed by atoms with E-state index in [4.69, 9.17) is 14.2 Å². The average Bonchev–Trinajstić information content (AvgIpc) is 2.86. The summed E-state index contributed by atoms with van der Waals surface area (Å²) in [7, 11) is 4.59. The van der Waals surface area contributed by atoms with Gasteiger partial charge in [0.1, 0.15) is 5.75 Å². The van der Waals surface area contributed by atoms with Gasteiger partial charge in [-0.15, -0.1) is 0 Å². The number of aromatic amines is 1. The van der Waals surface area contributed by atoms with Crippen molar-refractivity contribution in [3.05, 3.63) is 93.8 Å². The standard InChI is InChI=1S/C27H26N2O5/c1-17-9-10-18-14-20(26(30)28-21(18)13-17)16-29(22-7-5-6-8-23(22)32-2)27(31)19-11-12-24(33-3)25(15-19)34-4/h5-15H,16H2,1-4H3,(H,28,30). The van der Waals surface area contributed by atoms with E-state index in [-0.39, 0.29) is 18.0 Å². The number of methoxy groups -OCH3 is 3. The molecule has 1 heterocycles. The van der Waals surface area contributed by atoms with Gasteiger partial charge in [-0.25, -0.2) is 0 Å². The van der Waals surface area contributed by atoms with Gasteiger partial charge >= 0.3 is 0 Å². The highest BCUT2D eigenvalue weighted by molar-refractivity contribution is 6.07. The molecule has 0 atom stereocenters. The molecule has 4 rings (SSSR count). The summed E-state index contributed by atoms with van der Waals surface area (Å²) in [6.45, 7) is 2.02. The third-order valence-electron chi connectivity index (χ3n) is 5.66. The highest BCUT2D eigenvalue weighted by atomic mass is 16.5. The van der Waals surface area contributed by atoms with E-state index in [2.05, 4.69) is 4.98 Å². The van der Waals surface area contributed by atoms with Crippen LogP contribution in [0.2, 0.25) is 0 Å². The maximum atomic E-state index is 13.8. The van der Waals surface area contributed by atoms with Gasteiger partial charge in [0.15, 0.2) is 11.5 Å². The lowest BCUT2D eigenvalue weighted by atomic mass is 10.1. The van der Waals surface area contributed by atoms with E-state index in [0.29, 0.717) is 34.1 Å². The second-order valence-corrected chi connectivity index (χ2v) is 7.85. The fourth-order valence-corrected chi connectivity index (χ4v) is 3.89. The predicted octanol–water partition coefficient (Wildman–Crippen LogP) is 4.71. The van der Waals surface area contributed by atoms with E-state index in [1.807, 2.05) is 43.3 Å². The van der Waals surface area contributed by atoms with Gasteiger partial charge in [-0.2, -0.15) is 0 Å². The number of fused-ring (bicyclic) bond motifs is 1. The molecule has 174 valence electrons. The lowest BCUT2D eigenvalue weighted by Gasteiger charge is -2.25. The van der Waals surface area contributed by atoms with Crippen molar-refractivity contribution in [2.45, 2.75) is 13.5 Å². The number of pyridine rings is 1. The number of H-pyrrole nitrogens is 1. The Hall–Kier alpha value is -4.26. The molecular formula is C27H26N2O5. The summed E-state index contributed by atoms with van der Waals surface area (Å²) in [6.07, 6.45) is 0.